The second kappa shape index (κ2) is 7.99. The monoisotopic (exact) mass is 398 g/mol. The van der Waals surface area contributed by atoms with Crippen molar-refractivity contribution in [2.45, 2.75) is 39.0 Å². The van der Waals surface area contributed by atoms with Crippen LogP contribution in [-0.4, -0.2) is 57.8 Å². The van der Waals surface area contributed by atoms with Crippen molar-refractivity contribution >= 4 is 23.2 Å². The van der Waals surface area contributed by atoms with E-state index in [-0.39, 0.29) is 17.2 Å². The average Bonchev–Trinajstić information content (AvgIpc) is 3.16. The molecular formula is C21H26N4O2S. The summed E-state index contributed by atoms with van der Waals surface area (Å²) in [6, 6.07) is 5.91. The van der Waals surface area contributed by atoms with E-state index in [2.05, 4.69) is 9.97 Å². The summed E-state index contributed by atoms with van der Waals surface area (Å²) in [6.45, 7) is 4.94. The minimum Gasteiger partial charge on any atom is -0.342 e. The van der Waals surface area contributed by atoms with E-state index >= 15 is 0 Å². The van der Waals surface area contributed by atoms with Gasteiger partial charge in [0.15, 0.2) is 0 Å². The number of amides is 2. The van der Waals surface area contributed by atoms with Gasteiger partial charge in [-0.2, -0.15) is 0 Å². The number of thiazole rings is 1. The molecule has 28 heavy (non-hydrogen) atoms. The maximum absolute atomic E-state index is 12.8. The van der Waals surface area contributed by atoms with Crippen LogP contribution in [0.4, 0.5) is 0 Å². The van der Waals surface area contributed by atoms with Gasteiger partial charge in [0.2, 0.25) is 5.91 Å². The van der Waals surface area contributed by atoms with E-state index in [1.807, 2.05) is 34.9 Å². The summed E-state index contributed by atoms with van der Waals surface area (Å²) >= 11 is 1.42. The van der Waals surface area contributed by atoms with Crippen LogP contribution in [-0.2, 0) is 11.2 Å². The maximum atomic E-state index is 12.8. The van der Waals surface area contributed by atoms with E-state index in [0.717, 1.165) is 68.1 Å². The quantitative estimate of drug-likeness (QED) is 0.794. The number of carbonyl (C=O) groups excluding carboxylic acids is 2. The van der Waals surface area contributed by atoms with Gasteiger partial charge in [-0.25, -0.2) is 4.98 Å². The molecule has 0 radical (unpaired) electrons. The molecule has 148 valence electrons. The number of carbonyl (C=O) groups is 2. The van der Waals surface area contributed by atoms with Gasteiger partial charge < -0.3 is 9.80 Å². The number of aryl methyl sites for hydroxylation is 1. The summed E-state index contributed by atoms with van der Waals surface area (Å²) in [5, 5.41) is 0. The molecule has 0 unspecified atom stereocenters. The van der Waals surface area contributed by atoms with E-state index in [0.29, 0.717) is 6.42 Å². The Morgan fingerprint density at radius 3 is 2.71 bits per heavy atom. The van der Waals surface area contributed by atoms with Crippen molar-refractivity contribution in [2.24, 2.45) is 5.41 Å². The largest absolute Gasteiger partial charge is 0.342 e. The second-order valence-electron chi connectivity index (χ2n) is 7.95. The van der Waals surface area contributed by atoms with Gasteiger partial charge in [0, 0.05) is 50.9 Å². The first-order chi connectivity index (χ1) is 13.6. The Morgan fingerprint density at radius 1 is 1.21 bits per heavy atom. The fraction of sp³-hybridized carbons (Fsp3) is 0.524. The fourth-order valence-corrected chi connectivity index (χ4v) is 5.11. The van der Waals surface area contributed by atoms with Gasteiger partial charge in [-0.1, -0.05) is 6.07 Å². The number of hydrogen-bond donors (Lipinski definition) is 0. The molecule has 0 saturated carbocycles. The van der Waals surface area contributed by atoms with Crippen molar-refractivity contribution in [3.8, 4) is 0 Å². The number of likely N-dealkylation sites (tertiary alicyclic amines) is 2. The third-order valence-electron chi connectivity index (χ3n) is 6.16. The molecule has 0 atom stereocenters. The lowest BCUT2D eigenvalue weighted by Crippen LogP contribution is -2.52. The fourth-order valence-electron chi connectivity index (χ4n) is 4.34. The molecule has 1 spiro atoms. The van der Waals surface area contributed by atoms with Crippen LogP contribution in [0.2, 0.25) is 0 Å². The molecule has 2 aliphatic rings. The molecule has 2 aromatic heterocycles. The molecule has 0 bridgehead atoms. The van der Waals surface area contributed by atoms with E-state index in [9.17, 15) is 9.59 Å². The number of aromatic nitrogens is 2. The molecule has 4 heterocycles. The zero-order chi connectivity index (χ0) is 19.6. The zero-order valence-electron chi connectivity index (χ0n) is 16.3. The van der Waals surface area contributed by atoms with Crippen molar-refractivity contribution in [3.63, 3.8) is 0 Å². The first-order valence-corrected chi connectivity index (χ1v) is 10.8. The van der Waals surface area contributed by atoms with Crippen molar-refractivity contribution in [2.75, 3.05) is 26.2 Å². The highest BCUT2D eigenvalue weighted by molar-refractivity contribution is 7.11. The van der Waals surface area contributed by atoms with Crippen LogP contribution >= 0.6 is 11.3 Å². The molecule has 0 N–H and O–H groups in total. The minimum absolute atomic E-state index is 0.105. The van der Waals surface area contributed by atoms with Crippen molar-refractivity contribution < 1.29 is 9.59 Å². The van der Waals surface area contributed by atoms with E-state index in [4.69, 9.17) is 0 Å². The van der Waals surface area contributed by atoms with Crippen LogP contribution in [0, 0.1) is 12.3 Å². The number of piperidine rings is 2. The van der Waals surface area contributed by atoms with Gasteiger partial charge >= 0.3 is 0 Å². The van der Waals surface area contributed by atoms with Crippen LogP contribution in [0.15, 0.2) is 29.9 Å². The Kier molecular flexibility index (Phi) is 5.44. The summed E-state index contributed by atoms with van der Waals surface area (Å²) in [5.74, 6) is 0.356. The Balaban J connectivity index is 1.36. The van der Waals surface area contributed by atoms with Crippen LogP contribution < -0.4 is 0 Å². The predicted molar refractivity (Wildman–Crippen MR) is 108 cm³/mol. The Labute approximate surface area is 169 Å². The van der Waals surface area contributed by atoms with E-state index in [1.54, 1.807) is 11.7 Å². The zero-order valence-corrected chi connectivity index (χ0v) is 17.1. The third kappa shape index (κ3) is 3.94. The first-order valence-electron chi connectivity index (χ1n) is 9.93. The molecule has 2 amide bonds. The number of pyridine rings is 1. The Morgan fingerprint density at radius 2 is 2.04 bits per heavy atom. The molecule has 2 aromatic rings. The van der Waals surface area contributed by atoms with Crippen molar-refractivity contribution in [3.05, 3.63) is 46.2 Å². The normalized spacial score (nSPS) is 19.2. The molecule has 2 saturated heterocycles. The van der Waals surface area contributed by atoms with Crippen LogP contribution in [0.5, 0.6) is 0 Å². The van der Waals surface area contributed by atoms with Crippen LogP contribution in [0.3, 0.4) is 0 Å². The topological polar surface area (TPSA) is 66.4 Å². The van der Waals surface area contributed by atoms with Gasteiger partial charge in [-0.05, 0) is 43.7 Å². The minimum atomic E-state index is 0.105. The molecule has 2 fully saturated rings. The average molecular weight is 399 g/mol. The second-order valence-corrected chi connectivity index (χ2v) is 8.80. The molecule has 7 heteroatoms. The predicted octanol–water partition coefficient (Wildman–Crippen LogP) is 2.93. The summed E-state index contributed by atoms with van der Waals surface area (Å²) in [4.78, 5) is 38.5. The number of nitrogens with zero attached hydrogens (tertiary/aromatic N) is 4. The first kappa shape index (κ1) is 19.1. The van der Waals surface area contributed by atoms with Gasteiger partial charge in [-0.15, -0.1) is 11.3 Å². The van der Waals surface area contributed by atoms with Crippen molar-refractivity contribution in [1.29, 1.82) is 0 Å². The highest BCUT2D eigenvalue weighted by atomic mass is 32.1. The standard InChI is InChI=1S/C21H26N4O2S/c1-16-19(28-15-23-16)20(27)24-12-8-21(9-13-24)7-5-18(26)25(14-21)11-6-17-4-2-3-10-22-17/h2-4,10,15H,5-9,11-14H2,1H3. The van der Waals surface area contributed by atoms with Gasteiger partial charge in [0.1, 0.15) is 4.88 Å². The van der Waals surface area contributed by atoms with Gasteiger partial charge in [0.05, 0.1) is 11.2 Å². The highest BCUT2D eigenvalue weighted by Gasteiger charge is 2.41. The van der Waals surface area contributed by atoms with Crippen LogP contribution in [0.1, 0.15) is 46.7 Å². The molecule has 6 nitrogen and oxygen atoms in total. The third-order valence-corrected chi connectivity index (χ3v) is 7.08. The summed E-state index contributed by atoms with van der Waals surface area (Å²) < 4.78 is 0. The molecule has 2 aliphatic heterocycles. The maximum Gasteiger partial charge on any atom is 0.265 e. The lowest BCUT2D eigenvalue weighted by molar-refractivity contribution is -0.138. The summed E-state index contributed by atoms with van der Waals surface area (Å²) in [6.07, 6.45) is 6.07. The lowest BCUT2D eigenvalue weighted by Gasteiger charge is -2.47. The van der Waals surface area contributed by atoms with Gasteiger partial charge in [0.25, 0.3) is 5.91 Å². The molecule has 0 aromatic carbocycles. The summed E-state index contributed by atoms with van der Waals surface area (Å²) in [5.41, 5.74) is 3.73. The van der Waals surface area contributed by atoms with Crippen LogP contribution in [0.25, 0.3) is 0 Å². The summed E-state index contributed by atoms with van der Waals surface area (Å²) in [7, 11) is 0. The Bertz CT molecular complexity index is 843. The molecule has 0 aliphatic carbocycles. The van der Waals surface area contributed by atoms with Gasteiger partial charge in [-0.3, -0.25) is 14.6 Å². The number of hydrogen-bond acceptors (Lipinski definition) is 5. The van der Waals surface area contributed by atoms with E-state index in [1.165, 1.54) is 11.3 Å². The van der Waals surface area contributed by atoms with E-state index < -0.39 is 0 Å². The Hall–Kier alpha value is -2.28. The lowest BCUT2D eigenvalue weighted by atomic mass is 9.72. The molecule has 4 rings (SSSR count). The number of rotatable bonds is 4. The highest BCUT2D eigenvalue weighted by Crippen LogP contribution is 2.40. The SMILES string of the molecule is Cc1ncsc1C(=O)N1CCC2(CCC(=O)N(CCc3ccccn3)C2)CC1. The van der Waals surface area contributed by atoms with Crippen molar-refractivity contribution in [1.82, 2.24) is 19.8 Å². The smallest absolute Gasteiger partial charge is 0.265 e. The molecular weight excluding hydrogens is 372 g/mol.